The minimum atomic E-state index is -0.267. The minimum absolute atomic E-state index is 0.156. The molecule has 12 nitrogen and oxygen atoms in total. The average molecular weight is 569 g/mol. The van der Waals surface area contributed by atoms with Crippen LogP contribution in [0.5, 0.6) is 0 Å². The molecule has 218 valence electrons. The van der Waals surface area contributed by atoms with Crippen molar-refractivity contribution in [2.24, 2.45) is 0 Å². The third-order valence-electron chi connectivity index (χ3n) is 7.78. The van der Waals surface area contributed by atoms with Gasteiger partial charge in [-0.1, -0.05) is 6.08 Å². The van der Waals surface area contributed by atoms with E-state index in [1.807, 2.05) is 26.1 Å². The van der Waals surface area contributed by atoms with Crippen LogP contribution in [0.1, 0.15) is 33.7 Å². The van der Waals surface area contributed by atoms with Crippen molar-refractivity contribution in [3.8, 4) is 5.82 Å². The van der Waals surface area contributed by atoms with Crippen molar-refractivity contribution in [2.75, 3.05) is 36.4 Å². The van der Waals surface area contributed by atoms with Gasteiger partial charge in [0.1, 0.15) is 5.39 Å². The van der Waals surface area contributed by atoms with E-state index in [0.717, 1.165) is 48.5 Å². The first-order valence-corrected chi connectivity index (χ1v) is 14.3. The van der Waals surface area contributed by atoms with E-state index in [2.05, 4.69) is 62.7 Å². The van der Waals surface area contributed by atoms with Crippen molar-refractivity contribution >= 4 is 39.3 Å². The SMILES string of the molecule is C=CCn1c(=O)c2cnc(Nc3cc(N4CCN(C(C)C)CC4)c4cc[nH]c4c3)nc2n1-c1ccc(=O)n(C(C)C)n1. The van der Waals surface area contributed by atoms with Crippen LogP contribution < -0.4 is 21.3 Å². The van der Waals surface area contributed by atoms with Gasteiger partial charge in [0.25, 0.3) is 11.1 Å². The van der Waals surface area contributed by atoms with Crippen LogP contribution in [0, 0.1) is 0 Å². The van der Waals surface area contributed by atoms with E-state index in [1.54, 1.807) is 16.8 Å². The van der Waals surface area contributed by atoms with Crippen LogP contribution in [-0.2, 0) is 6.54 Å². The molecule has 4 aromatic heterocycles. The molecule has 1 aliphatic heterocycles. The van der Waals surface area contributed by atoms with E-state index < -0.39 is 0 Å². The average Bonchev–Trinajstić information content (AvgIpc) is 3.55. The van der Waals surface area contributed by atoms with Crippen molar-refractivity contribution in [3.05, 3.63) is 76.1 Å². The maximum atomic E-state index is 13.4. The zero-order valence-electron chi connectivity index (χ0n) is 24.4. The number of H-pyrrole nitrogens is 1. The first kappa shape index (κ1) is 27.5. The summed E-state index contributed by atoms with van der Waals surface area (Å²) in [6.07, 6.45) is 5.12. The number of allylic oxidation sites excluding steroid dienone is 1. The van der Waals surface area contributed by atoms with Crippen molar-refractivity contribution in [3.63, 3.8) is 0 Å². The van der Waals surface area contributed by atoms with Gasteiger partial charge in [0, 0.05) is 73.0 Å². The second-order valence-electron chi connectivity index (χ2n) is 11.2. The number of hydrogen-bond acceptors (Lipinski definition) is 8. The molecule has 1 fully saturated rings. The maximum Gasteiger partial charge on any atom is 0.278 e. The van der Waals surface area contributed by atoms with E-state index in [9.17, 15) is 9.59 Å². The molecule has 1 aromatic carbocycles. The Labute approximate surface area is 242 Å². The molecule has 0 saturated carbocycles. The lowest BCUT2D eigenvalue weighted by Gasteiger charge is -2.38. The molecule has 5 heterocycles. The van der Waals surface area contributed by atoms with E-state index in [1.165, 1.54) is 21.6 Å². The summed E-state index contributed by atoms with van der Waals surface area (Å²) in [5, 5.41) is 9.42. The molecule has 2 N–H and O–H groups in total. The highest BCUT2D eigenvalue weighted by Crippen LogP contribution is 2.32. The van der Waals surface area contributed by atoms with Crippen LogP contribution in [0.2, 0.25) is 0 Å². The Kier molecular flexibility index (Phi) is 7.15. The molecule has 0 bridgehead atoms. The third-order valence-corrected chi connectivity index (χ3v) is 7.78. The van der Waals surface area contributed by atoms with Gasteiger partial charge in [-0.15, -0.1) is 11.7 Å². The molecule has 0 unspecified atom stereocenters. The number of nitrogens with zero attached hydrogens (tertiary/aromatic N) is 8. The first-order chi connectivity index (χ1) is 20.2. The summed E-state index contributed by atoms with van der Waals surface area (Å²) >= 11 is 0. The van der Waals surface area contributed by atoms with Gasteiger partial charge in [-0.05, 0) is 52.0 Å². The fourth-order valence-corrected chi connectivity index (χ4v) is 5.60. The number of benzene rings is 1. The summed E-state index contributed by atoms with van der Waals surface area (Å²) in [5.41, 5.74) is 2.88. The summed E-state index contributed by atoms with van der Waals surface area (Å²) in [4.78, 5) is 43.3. The monoisotopic (exact) mass is 568 g/mol. The van der Waals surface area contributed by atoms with Crippen LogP contribution in [0.25, 0.3) is 27.8 Å². The van der Waals surface area contributed by atoms with E-state index in [0.29, 0.717) is 28.8 Å². The van der Waals surface area contributed by atoms with Gasteiger partial charge in [0.15, 0.2) is 11.5 Å². The zero-order valence-corrected chi connectivity index (χ0v) is 24.4. The summed E-state index contributed by atoms with van der Waals surface area (Å²) in [7, 11) is 0. The third kappa shape index (κ3) is 4.87. The lowest BCUT2D eigenvalue weighted by Crippen LogP contribution is -2.48. The molecule has 12 heteroatoms. The van der Waals surface area contributed by atoms with Crippen molar-refractivity contribution in [1.82, 2.24) is 39.0 Å². The largest absolute Gasteiger partial charge is 0.368 e. The highest BCUT2D eigenvalue weighted by Gasteiger charge is 2.22. The fraction of sp³-hybridized carbons (Fsp3) is 0.367. The molecule has 1 saturated heterocycles. The fourth-order valence-electron chi connectivity index (χ4n) is 5.60. The minimum Gasteiger partial charge on any atom is -0.368 e. The summed E-state index contributed by atoms with van der Waals surface area (Å²) in [6.45, 7) is 16.2. The Morgan fingerprint density at radius 2 is 1.81 bits per heavy atom. The Hall–Kier alpha value is -4.71. The number of piperazine rings is 1. The normalized spacial score (nSPS) is 14.5. The number of hydrogen-bond donors (Lipinski definition) is 2. The number of aromatic amines is 1. The number of aromatic nitrogens is 7. The molecular weight excluding hydrogens is 532 g/mol. The number of rotatable bonds is 8. The highest BCUT2D eigenvalue weighted by molar-refractivity contribution is 5.96. The van der Waals surface area contributed by atoms with Crippen LogP contribution in [0.4, 0.5) is 17.3 Å². The predicted molar refractivity (Wildman–Crippen MR) is 166 cm³/mol. The van der Waals surface area contributed by atoms with E-state index in [-0.39, 0.29) is 23.7 Å². The van der Waals surface area contributed by atoms with Crippen LogP contribution in [-0.4, -0.2) is 71.2 Å². The van der Waals surface area contributed by atoms with Gasteiger partial charge in [0.2, 0.25) is 5.95 Å². The Morgan fingerprint density at radius 3 is 2.52 bits per heavy atom. The molecule has 0 spiro atoms. The zero-order chi connectivity index (χ0) is 29.5. The van der Waals surface area contributed by atoms with Gasteiger partial charge >= 0.3 is 0 Å². The first-order valence-electron chi connectivity index (χ1n) is 14.3. The van der Waals surface area contributed by atoms with Gasteiger partial charge in [-0.3, -0.25) is 14.5 Å². The van der Waals surface area contributed by atoms with Gasteiger partial charge < -0.3 is 15.2 Å². The molecule has 0 atom stereocenters. The topological polar surface area (TPSA) is 122 Å². The molecule has 0 aliphatic carbocycles. The van der Waals surface area contributed by atoms with Crippen LogP contribution >= 0.6 is 0 Å². The predicted octanol–water partition coefficient (Wildman–Crippen LogP) is 3.66. The lowest BCUT2D eigenvalue weighted by atomic mass is 10.1. The summed E-state index contributed by atoms with van der Waals surface area (Å²) in [5.74, 6) is 0.739. The maximum absolute atomic E-state index is 13.4. The lowest BCUT2D eigenvalue weighted by molar-refractivity contribution is 0.209. The van der Waals surface area contributed by atoms with Gasteiger partial charge in [-0.2, -0.15) is 4.98 Å². The standard InChI is InChI=1S/C30H36N10O2/c1-6-11-38-29(42)23-18-32-30(34-28(23)40(38)26-7-8-27(41)39(35-26)20(4)5)33-21-16-24-22(9-10-31-24)25(17-21)37-14-12-36(13-15-37)19(2)3/h6-10,16-20,31H,1,11-15H2,2-5H3,(H,32,33,34). The molecule has 1 aliphatic rings. The Bertz CT molecular complexity index is 1890. The summed E-state index contributed by atoms with van der Waals surface area (Å²) in [6, 6.07) is 9.69. The van der Waals surface area contributed by atoms with Crippen LogP contribution in [0.3, 0.4) is 0 Å². The quantitative estimate of drug-likeness (QED) is 0.272. The van der Waals surface area contributed by atoms with Crippen molar-refractivity contribution in [1.29, 1.82) is 0 Å². The smallest absolute Gasteiger partial charge is 0.278 e. The van der Waals surface area contributed by atoms with Crippen LogP contribution in [0.15, 0.2) is 65.0 Å². The second kappa shape index (κ2) is 10.9. The molecule has 0 radical (unpaired) electrons. The Morgan fingerprint density at radius 1 is 1.02 bits per heavy atom. The number of nitrogens with one attached hydrogen (secondary N) is 2. The molecule has 5 aromatic rings. The van der Waals surface area contributed by atoms with E-state index >= 15 is 0 Å². The number of anilines is 3. The van der Waals surface area contributed by atoms with Crippen molar-refractivity contribution < 1.29 is 0 Å². The Balaban J connectivity index is 1.41. The van der Waals surface area contributed by atoms with Crippen molar-refractivity contribution in [2.45, 2.75) is 46.3 Å². The van der Waals surface area contributed by atoms with Gasteiger partial charge in [-0.25, -0.2) is 19.0 Å². The molecular formula is C30H36N10O2. The molecule has 42 heavy (non-hydrogen) atoms. The van der Waals surface area contributed by atoms with Gasteiger partial charge in [0.05, 0.1) is 12.6 Å². The summed E-state index contributed by atoms with van der Waals surface area (Å²) < 4.78 is 4.50. The second-order valence-corrected chi connectivity index (χ2v) is 11.2. The highest BCUT2D eigenvalue weighted by atomic mass is 16.1. The molecule has 0 amide bonds. The molecule has 6 rings (SSSR count). The van der Waals surface area contributed by atoms with E-state index in [4.69, 9.17) is 4.98 Å². The number of fused-ring (bicyclic) bond motifs is 2.